The lowest BCUT2D eigenvalue weighted by atomic mass is 10.2. The molecule has 18 heavy (non-hydrogen) atoms. The van der Waals surface area contributed by atoms with Crippen molar-refractivity contribution in [3.8, 4) is 0 Å². The van der Waals surface area contributed by atoms with E-state index in [0.29, 0.717) is 16.6 Å². The highest BCUT2D eigenvalue weighted by atomic mass is 35.5. The molecular formula is C13H17Cl2NO2. The van der Waals surface area contributed by atoms with Crippen molar-refractivity contribution < 1.29 is 9.53 Å². The Morgan fingerprint density at radius 3 is 2.56 bits per heavy atom. The molecular weight excluding hydrogens is 273 g/mol. The van der Waals surface area contributed by atoms with Gasteiger partial charge >= 0.3 is 5.97 Å². The van der Waals surface area contributed by atoms with Crippen LogP contribution in [0.5, 0.6) is 0 Å². The summed E-state index contributed by atoms with van der Waals surface area (Å²) in [6, 6.07) is 5.17. The average molecular weight is 290 g/mol. The van der Waals surface area contributed by atoms with E-state index in [0.717, 1.165) is 5.69 Å². The number of nitrogens with one attached hydrogen (secondary N) is 1. The SMILES string of the molecule is CC(C)(C)OC(=O)CCNc1ccc(Cl)cc1Cl. The second-order valence-electron chi connectivity index (χ2n) is 4.89. The number of halogens is 2. The van der Waals surface area contributed by atoms with E-state index in [9.17, 15) is 4.79 Å². The summed E-state index contributed by atoms with van der Waals surface area (Å²) >= 11 is 11.8. The summed E-state index contributed by atoms with van der Waals surface area (Å²) in [7, 11) is 0. The van der Waals surface area contributed by atoms with Crippen LogP contribution in [0.1, 0.15) is 27.2 Å². The number of benzene rings is 1. The van der Waals surface area contributed by atoms with Crippen LogP contribution in [0, 0.1) is 0 Å². The summed E-state index contributed by atoms with van der Waals surface area (Å²) in [5, 5.41) is 4.18. The highest BCUT2D eigenvalue weighted by Gasteiger charge is 2.15. The molecule has 0 unspecified atom stereocenters. The zero-order valence-electron chi connectivity index (χ0n) is 10.7. The van der Waals surface area contributed by atoms with Crippen LogP contribution < -0.4 is 5.32 Å². The van der Waals surface area contributed by atoms with Gasteiger partial charge in [-0.1, -0.05) is 23.2 Å². The molecule has 0 saturated carbocycles. The van der Waals surface area contributed by atoms with Gasteiger partial charge in [-0.2, -0.15) is 0 Å². The Bertz CT molecular complexity index is 427. The summed E-state index contributed by atoms with van der Waals surface area (Å²) in [5.41, 5.74) is 0.305. The summed E-state index contributed by atoms with van der Waals surface area (Å²) in [6.07, 6.45) is 0.288. The first kappa shape index (κ1) is 15.1. The summed E-state index contributed by atoms with van der Waals surface area (Å²) < 4.78 is 5.19. The number of carbonyl (C=O) groups excluding carboxylic acids is 1. The van der Waals surface area contributed by atoms with Crippen LogP contribution in [0.3, 0.4) is 0 Å². The molecule has 3 nitrogen and oxygen atoms in total. The molecule has 0 aliphatic heterocycles. The molecule has 0 spiro atoms. The second kappa shape index (κ2) is 6.30. The van der Waals surface area contributed by atoms with Crippen molar-refractivity contribution in [1.29, 1.82) is 0 Å². The monoisotopic (exact) mass is 289 g/mol. The highest BCUT2D eigenvalue weighted by molar-refractivity contribution is 6.36. The third-order valence-electron chi connectivity index (χ3n) is 2.00. The Labute approximate surface area is 117 Å². The molecule has 0 atom stereocenters. The van der Waals surface area contributed by atoms with Crippen molar-refractivity contribution >= 4 is 34.9 Å². The second-order valence-corrected chi connectivity index (χ2v) is 5.73. The fourth-order valence-corrected chi connectivity index (χ4v) is 1.80. The van der Waals surface area contributed by atoms with Crippen LogP contribution in [0.4, 0.5) is 5.69 Å². The van der Waals surface area contributed by atoms with Gasteiger partial charge in [0.1, 0.15) is 5.60 Å². The zero-order chi connectivity index (χ0) is 13.8. The smallest absolute Gasteiger partial charge is 0.308 e. The first-order chi connectivity index (χ1) is 8.28. The Hall–Kier alpha value is -0.930. The van der Waals surface area contributed by atoms with Crippen LogP contribution in [-0.2, 0) is 9.53 Å². The molecule has 1 rings (SSSR count). The largest absolute Gasteiger partial charge is 0.460 e. The lowest BCUT2D eigenvalue weighted by molar-refractivity contribution is -0.154. The van der Waals surface area contributed by atoms with E-state index in [1.807, 2.05) is 20.8 Å². The van der Waals surface area contributed by atoms with Gasteiger partial charge in [-0.25, -0.2) is 0 Å². The fourth-order valence-electron chi connectivity index (χ4n) is 1.32. The molecule has 1 aromatic rings. The Balaban J connectivity index is 2.40. The first-order valence-corrected chi connectivity index (χ1v) is 6.44. The van der Waals surface area contributed by atoms with E-state index >= 15 is 0 Å². The maximum atomic E-state index is 11.5. The Morgan fingerprint density at radius 2 is 2.00 bits per heavy atom. The molecule has 0 bridgehead atoms. The van der Waals surface area contributed by atoms with Crippen LogP contribution in [0.2, 0.25) is 10.0 Å². The zero-order valence-corrected chi connectivity index (χ0v) is 12.2. The number of esters is 1. The quantitative estimate of drug-likeness (QED) is 0.847. The van der Waals surface area contributed by atoms with Crippen LogP contribution in [0.25, 0.3) is 0 Å². The third kappa shape index (κ3) is 5.61. The predicted molar refractivity (Wildman–Crippen MR) is 75.4 cm³/mol. The van der Waals surface area contributed by atoms with Gasteiger partial charge in [0.15, 0.2) is 0 Å². The number of hydrogen-bond acceptors (Lipinski definition) is 3. The van der Waals surface area contributed by atoms with Gasteiger partial charge < -0.3 is 10.1 Å². The van der Waals surface area contributed by atoms with Crippen LogP contribution >= 0.6 is 23.2 Å². The van der Waals surface area contributed by atoms with Gasteiger partial charge in [0.05, 0.1) is 17.1 Å². The van der Waals surface area contributed by atoms with E-state index in [4.69, 9.17) is 27.9 Å². The molecule has 0 amide bonds. The van der Waals surface area contributed by atoms with Gasteiger partial charge in [-0.3, -0.25) is 4.79 Å². The maximum absolute atomic E-state index is 11.5. The molecule has 0 aromatic heterocycles. The Morgan fingerprint density at radius 1 is 1.33 bits per heavy atom. The maximum Gasteiger partial charge on any atom is 0.308 e. The summed E-state index contributed by atoms with van der Waals surface area (Å²) in [6.45, 7) is 5.99. The van der Waals surface area contributed by atoms with Crippen molar-refractivity contribution in [1.82, 2.24) is 0 Å². The average Bonchev–Trinajstić information content (AvgIpc) is 2.18. The molecule has 0 saturated heterocycles. The molecule has 100 valence electrons. The normalized spacial score (nSPS) is 11.2. The lowest BCUT2D eigenvalue weighted by Gasteiger charge is -2.19. The van der Waals surface area contributed by atoms with Crippen molar-refractivity contribution in [2.24, 2.45) is 0 Å². The minimum atomic E-state index is -0.449. The minimum absolute atomic E-state index is 0.236. The number of anilines is 1. The van der Waals surface area contributed by atoms with Crippen LogP contribution in [-0.4, -0.2) is 18.1 Å². The number of hydrogen-bond donors (Lipinski definition) is 1. The van der Waals surface area contributed by atoms with E-state index in [1.54, 1.807) is 18.2 Å². The van der Waals surface area contributed by atoms with Crippen molar-refractivity contribution in [2.45, 2.75) is 32.8 Å². The van der Waals surface area contributed by atoms with E-state index < -0.39 is 5.60 Å². The van der Waals surface area contributed by atoms with Crippen molar-refractivity contribution in [3.05, 3.63) is 28.2 Å². The molecule has 0 heterocycles. The third-order valence-corrected chi connectivity index (χ3v) is 2.54. The topological polar surface area (TPSA) is 38.3 Å². The lowest BCUT2D eigenvalue weighted by Crippen LogP contribution is -2.25. The van der Waals surface area contributed by atoms with Crippen molar-refractivity contribution in [2.75, 3.05) is 11.9 Å². The molecule has 0 fully saturated rings. The number of carbonyl (C=O) groups is 1. The summed E-state index contributed by atoms with van der Waals surface area (Å²) in [5.74, 6) is -0.236. The van der Waals surface area contributed by atoms with Gasteiger partial charge in [-0.05, 0) is 39.0 Å². The number of ether oxygens (including phenoxy) is 1. The summed E-state index contributed by atoms with van der Waals surface area (Å²) in [4.78, 5) is 11.5. The fraction of sp³-hybridized carbons (Fsp3) is 0.462. The van der Waals surface area contributed by atoms with Gasteiger partial charge in [0, 0.05) is 11.6 Å². The minimum Gasteiger partial charge on any atom is -0.460 e. The molecule has 5 heteroatoms. The molecule has 1 aromatic carbocycles. The number of rotatable bonds is 4. The van der Waals surface area contributed by atoms with Crippen molar-refractivity contribution in [3.63, 3.8) is 0 Å². The molecule has 1 N–H and O–H groups in total. The van der Waals surface area contributed by atoms with E-state index in [2.05, 4.69) is 5.32 Å². The van der Waals surface area contributed by atoms with Gasteiger partial charge in [-0.15, -0.1) is 0 Å². The van der Waals surface area contributed by atoms with Gasteiger partial charge in [0.2, 0.25) is 0 Å². The molecule has 0 radical (unpaired) electrons. The van der Waals surface area contributed by atoms with Gasteiger partial charge in [0.25, 0.3) is 0 Å². The first-order valence-electron chi connectivity index (χ1n) is 5.69. The predicted octanol–water partition coefficient (Wildman–Crippen LogP) is 4.14. The molecule has 0 aliphatic carbocycles. The molecule has 0 aliphatic rings. The van der Waals surface area contributed by atoms with Crippen LogP contribution in [0.15, 0.2) is 18.2 Å². The van der Waals surface area contributed by atoms with E-state index in [-0.39, 0.29) is 12.4 Å². The van der Waals surface area contributed by atoms with E-state index in [1.165, 1.54) is 0 Å². The standard InChI is InChI=1S/C13H17Cl2NO2/c1-13(2,3)18-12(17)6-7-16-11-5-4-9(14)8-10(11)15/h4-5,8,16H,6-7H2,1-3H3. The Kier molecular flexibility index (Phi) is 5.29. The highest BCUT2D eigenvalue weighted by Crippen LogP contribution is 2.25.